The number of hydrogen-bond donors (Lipinski definition) is 0. The molecule has 4 heteroatoms. The smallest absolute Gasteiger partial charge is 0.417 e. The highest BCUT2D eigenvalue weighted by molar-refractivity contribution is 6.34. The predicted molar refractivity (Wildman–Crippen MR) is 70.1 cm³/mol. The Hall–Kier alpha value is -2.19. The Bertz CT molecular complexity index is 500. The zero-order valence-electron chi connectivity index (χ0n) is 10.6. The van der Waals surface area contributed by atoms with E-state index in [1.54, 1.807) is 6.92 Å². The predicted octanol–water partition coefficient (Wildman–Crippen LogP) is 2.50. The Morgan fingerprint density at radius 2 is 2.17 bits per heavy atom. The summed E-state index contributed by atoms with van der Waals surface area (Å²) in [6, 6.07) is 7.62. The second kappa shape index (κ2) is 7.20. The summed E-state index contributed by atoms with van der Waals surface area (Å²) >= 11 is 0. The zero-order chi connectivity index (χ0) is 13.4. The lowest BCUT2D eigenvalue weighted by Crippen LogP contribution is -2.21. The zero-order valence-corrected chi connectivity index (χ0v) is 10.6. The van der Waals surface area contributed by atoms with Crippen molar-refractivity contribution in [3.05, 3.63) is 47.0 Å². The number of nitrogens with zero attached hydrogens (tertiary/aromatic N) is 2. The third kappa shape index (κ3) is 3.68. The van der Waals surface area contributed by atoms with Crippen molar-refractivity contribution >= 4 is 17.8 Å². The number of rotatable bonds is 5. The fourth-order valence-corrected chi connectivity index (χ4v) is 1.58. The first-order chi connectivity index (χ1) is 8.72. The van der Waals surface area contributed by atoms with E-state index in [1.807, 2.05) is 43.3 Å². The van der Waals surface area contributed by atoms with Gasteiger partial charge in [-0.15, -0.1) is 0 Å². The molecule has 0 amide bonds. The van der Waals surface area contributed by atoms with Gasteiger partial charge >= 0.3 is 11.7 Å². The molecule has 0 N–H and O–H groups in total. The van der Waals surface area contributed by atoms with Gasteiger partial charge in [0, 0.05) is 0 Å². The summed E-state index contributed by atoms with van der Waals surface area (Å²) in [4.78, 5) is 14.5. The summed E-state index contributed by atoms with van der Waals surface area (Å²) < 4.78 is 4.82. The number of hydrogen-bond acceptors (Lipinski definition) is 2. The van der Waals surface area contributed by atoms with Gasteiger partial charge in [0.15, 0.2) is 0 Å². The lowest BCUT2D eigenvalue weighted by Gasteiger charge is -2.03. The Morgan fingerprint density at radius 1 is 1.44 bits per heavy atom. The molecule has 0 aliphatic heterocycles. The molecule has 0 unspecified atom stereocenters. The van der Waals surface area contributed by atoms with E-state index >= 15 is 0 Å². The highest BCUT2D eigenvalue weighted by atomic mass is 16.5. The lowest BCUT2D eigenvalue weighted by atomic mass is 10.0. The van der Waals surface area contributed by atoms with Gasteiger partial charge in [0.2, 0.25) is 0 Å². The fraction of sp³-hybridized carbons (Fsp3) is 0.286. The molecular formula is C14H16N2O2. The topological polar surface area (TPSA) is 62.7 Å². The number of benzene rings is 1. The van der Waals surface area contributed by atoms with Gasteiger partial charge in [-0.1, -0.05) is 36.4 Å². The molecule has 1 aromatic carbocycles. The molecular weight excluding hydrogens is 228 g/mol. The van der Waals surface area contributed by atoms with Gasteiger partial charge in [-0.3, -0.25) is 0 Å². The van der Waals surface area contributed by atoms with Crippen LogP contribution < -0.4 is 0 Å². The number of ether oxygens (including phenoxy) is 1. The Morgan fingerprint density at radius 3 is 2.78 bits per heavy atom. The molecule has 0 saturated heterocycles. The Labute approximate surface area is 107 Å². The minimum Gasteiger partial charge on any atom is -0.457 e. The van der Waals surface area contributed by atoms with E-state index in [-0.39, 0.29) is 18.7 Å². The van der Waals surface area contributed by atoms with Crippen molar-refractivity contribution in [3.63, 3.8) is 0 Å². The van der Waals surface area contributed by atoms with E-state index in [0.717, 1.165) is 11.1 Å². The van der Waals surface area contributed by atoms with Gasteiger partial charge in [-0.25, -0.2) is 4.79 Å². The molecule has 0 spiro atoms. The standard InChI is InChI=1S/C14H16N2O2/c1-3-7-11-8-5-6-9-12(11)10-13(16-15)14(17)18-4-2/h3,5-9H,4,10H2,1-2H3/b7-3-. The summed E-state index contributed by atoms with van der Waals surface area (Å²) in [6.45, 7) is 3.89. The first-order valence-corrected chi connectivity index (χ1v) is 5.81. The summed E-state index contributed by atoms with van der Waals surface area (Å²) in [7, 11) is 0. The van der Waals surface area contributed by atoms with Gasteiger partial charge in [-0.05, 0) is 25.0 Å². The minimum absolute atomic E-state index is 0.00815. The van der Waals surface area contributed by atoms with E-state index in [4.69, 9.17) is 10.3 Å². The molecule has 4 nitrogen and oxygen atoms in total. The van der Waals surface area contributed by atoms with E-state index in [9.17, 15) is 4.79 Å². The van der Waals surface area contributed by atoms with Gasteiger partial charge in [0.1, 0.15) is 0 Å². The molecule has 0 heterocycles. The van der Waals surface area contributed by atoms with Crippen LogP contribution in [0.1, 0.15) is 25.0 Å². The summed E-state index contributed by atoms with van der Waals surface area (Å²) in [5.74, 6) is -0.588. The molecule has 0 fully saturated rings. The lowest BCUT2D eigenvalue weighted by molar-refractivity contribution is -0.140. The van der Waals surface area contributed by atoms with E-state index in [0.29, 0.717) is 0 Å². The maximum absolute atomic E-state index is 11.5. The van der Waals surface area contributed by atoms with Gasteiger partial charge in [-0.2, -0.15) is 4.79 Å². The van der Waals surface area contributed by atoms with Crippen LogP contribution in [0.25, 0.3) is 11.6 Å². The van der Waals surface area contributed by atoms with Crippen LogP contribution in [0.3, 0.4) is 0 Å². The molecule has 0 aliphatic carbocycles. The monoisotopic (exact) mass is 244 g/mol. The highest BCUT2D eigenvalue weighted by Crippen LogP contribution is 2.12. The molecule has 18 heavy (non-hydrogen) atoms. The van der Waals surface area contributed by atoms with Gasteiger partial charge < -0.3 is 10.3 Å². The summed E-state index contributed by atoms with van der Waals surface area (Å²) in [5.41, 5.74) is 10.8. The normalized spacial score (nSPS) is 10.1. The van der Waals surface area contributed by atoms with Crippen LogP contribution in [0.2, 0.25) is 0 Å². The number of allylic oxidation sites excluding steroid dienone is 1. The molecule has 0 aromatic heterocycles. The van der Waals surface area contributed by atoms with Crippen LogP contribution in [0.4, 0.5) is 0 Å². The van der Waals surface area contributed by atoms with Crippen molar-refractivity contribution in [2.24, 2.45) is 0 Å². The van der Waals surface area contributed by atoms with Crippen molar-refractivity contribution in [2.45, 2.75) is 20.3 Å². The van der Waals surface area contributed by atoms with Crippen molar-refractivity contribution < 1.29 is 14.3 Å². The van der Waals surface area contributed by atoms with Crippen LogP contribution in [0, 0.1) is 0 Å². The Balaban J connectivity index is 2.96. The highest BCUT2D eigenvalue weighted by Gasteiger charge is 2.22. The summed E-state index contributed by atoms with van der Waals surface area (Å²) in [5, 5.41) is 0. The maximum atomic E-state index is 11.5. The van der Waals surface area contributed by atoms with Gasteiger partial charge in [0.05, 0.1) is 13.0 Å². The molecule has 0 bridgehead atoms. The minimum atomic E-state index is -0.588. The number of carbonyl (C=O) groups is 1. The second-order valence-electron chi connectivity index (χ2n) is 3.64. The molecule has 0 radical (unpaired) electrons. The van der Waals surface area contributed by atoms with Crippen molar-refractivity contribution in [3.8, 4) is 0 Å². The third-order valence-electron chi connectivity index (χ3n) is 2.39. The molecule has 0 atom stereocenters. The number of carbonyl (C=O) groups excluding carboxylic acids is 1. The third-order valence-corrected chi connectivity index (χ3v) is 2.39. The van der Waals surface area contributed by atoms with Crippen LogP contribution in [0.5, 0.6) is 0 Å². The quantitative estimate of drug-likeness (QED) is 0.346. The molecule has 1 aromatic rings. The molecule has 0 aliphatic rings. The summed E-state index contributed by atoms with van der Waals surface area (Å²) in [6.07, 6.45) is 4.10. The molecule has 94 valence electrons. The van der Waals surface area contributed by atoms with E-state index < -0.39 is 5.97 Å². The molecule has 0 saturated carbocycles. The van der Waals surface area contributed by atoms with Crippen molar-refractivity contribution in [2.75, 3.05) is 6.61 Å². The van der Waals surface area contributed by atoms with Crippen LogP contribution in [0.15, 0.2) is 30.3 Å². The first kappa shape index (κ1) is 13.9. The first-order valence-electron chi connectivity index (χ1n) is 5.81. The van der Waals surface area contributed by atoms with E-state index in [1.165, 1.54) is 0 Å². The Kier molecular flexibility index (Phi) is 5.55. The maximum Gasteiger partial charge on any atom is 0.417 e. The van der Waals surface area contributed by atoms with Crippen LogP contribution in [-0.4, -0.2) is 23.1 Å². The average molecular weight is 244 g/mol. The second-order valence-corrected chi connectivity index (χ2v) is 3.64. The van der Waals surface area contributed by atoms with Crippen molar-refractivity contribution in [1.29, 1.82) is 0 Å². The average Bonchev–Trinajstić information content (AvgIpc) is 2.38. The van der Waals surface area contributed by atoms with Crippen LogP contribution >= 0.6 is 0 Å². The van der Waals surface area contributed by atoms with Crippen molar-refractivity contribution in [1.82, 2.24) is 0 Å². The fourth-order valence-electron chi connectivity index (χ4n) is 1.58. The SMILES string of the molecule is C/C=C\c1ccccc1CC(=[N+]=[N-])C(=O)OCC. The number of esters is 1. The largest absolute Gasteiger partial charge is 0.457 e. The van der Waals surface area contributed by atoms with E-state index in [2.05, 4.69) is 4.79 Å². The van der Waals surface area contributed by atoms with Gasteiger partial charge in [0.25, 0.3) is 0 Å². The van der Waals surface area contributed by atoms with Crippen LogP contribution in [-0.2, 0) is 16.0 Å². The molecule has 1 rings (SSSR count).